The van der Waals surface area contributed by atoms with Crippen molar-refractivity contribution in [1.82, 2.24) is 4.98 Å². The normalized spacial score (nSPS) is 5.89. The van der Waals surface area contributed by atoms with Gasteiger partial charge in [-0.15, -0.1) is 6.20 Å². The number of aryl methyl sites for hydroxylation is 1. The van der Waals surface area contributed by atoms with E-state index in [1.54, 1.807) is 0 Å². The molecule has 0 aliphatic carbocycles. The Bertz CT molecular complexity index is 119. The van der Waals surface area contributed by atoms with Crippen LogP contribution in [0.5, 0.6) is 0 Å². The van der Waals surface area contributed by atoms with Crippen molar-refractivity contribution in [2.45, 2.75) is 6.92 Å². The van der Waals surface area contributed by atoms with Crippen LogP contribution >= 0.6 is 0 Å². The Kier molecular flexibility index (Phi) is 17.5. The Hall–Kier alpha value is 1.38. The molecule has 0 bridgehead atoms. The Morgan fingerprint density at radius 2 is 2.00 bits per heavy atom. The fraction of sp³-hybridized carbons (Fsp3) is 0.200. The van der Waals surface area contributed by atoms with E-state index in [-0.39, 0.29) is 67.7 Å². The summed E-state index contributed by atoms with van der Waals surface area (Å²) in [4.78, 5) is 2.80. The predicted molar refractivity (Wildman–Crippen MR) is 24.4 cm³/mol. The van der Waals surface area contributed by atoms with Crippen molar-refractivity contribution in [1.29, 1.82) is 0 Å². The van der Waals surface area contributed by atoms with Crippen molar-refractivity contribution < 1.29 is 67.7 Å². The zero-order chi connectivity index (χ0) is 4.41. The van der Waals surface area contributed by atoms with Gasteiger partial charge in [0.2, 0.25) is 0 Å². The number of H-pyrrole nitrogens is 1. The number of rotatable bonds is 0. The van der Waals surface area contributed by atoms with Crippen LogP contribution in [0, 0.1) is 13.1 Å². The Morgan fingerprint density at radius 3 is 2.11 bits per heavy atom. The summed E-state index contributed by atoms with van der Waals surface area (Å²) in [7, 11) is 0. The number of hydrogen-bond donors (Lipinski definition) is 1. The summed E-state index contributed by atoms with van der Waals surface area (Å²) in [5, 5.41) is 0. The van der Waals surface area contributed by atoms with E-state index in [2.05, 4.69) is 11.2 Å². The Morgan fingerprint density at radius 1 is 1.44 bits per heavy atom. The summed E-state index contributed by atoms with van der Waals surface area (Å²) in [6.07, 6.45) is 4.73. The first-order valence-corrected chi connectivity index (χ1v) is 1.91. The minimum atomic E-state index is 0. The van der Waals surface area contributed by atoms with Crippen molar-refractivity contribution >= 4 is 0 Å². The molecule has 1 heterocycles. The van der Waals surface area contributed by atoms with E-state index in [1.165, 1.54) is 0 Å². The van der Waals surface area contributed by atoms with E-state index >= 15 is 0 Å². The second-order valence-electron chi connectivity index (χ2n) is 1.29. The summed E-state index contributed by atoms with van der Waals surface area (Å²) >= 11 is 0. The van der Waals surface area contributed by atoms with E-state index in [0.29, 0.717) is 0 Å². The molecule has 0 unspecified atom stereocenters. The van der Waals surface area contributed by atoms with Gasteiger partial charge in [-0.25, -0.2) is 0 Å². The molecule has 0 aliphatic rings. The van der Waals surface area contributed by atoms with Crippen LogP contribution in [0.4, 0.5) is 0 Å². The molecule has 0 spiro atoms. The first-order valence-electron chi connectivity index (χ1n) is 1.91. The monoisotopic (exact) mass is 526 g/mol. The second-order valence-corrected chi connectivity index (χ2v) is 1.29. The number of halogens is 2. The van der Waals surface area contributed by atoms with Gasteiger partial charge in [0.15, 0.2) is 0 Å². The average Bonchev–Trinajstić information content (AvgIpc) is 1.86. The zero-order valence-electron chi connectivity index (χ0n) is 4.76. The van der Waals surface area contributed by atoms with Gasteiger partial charge in [-0.1, -0.05) is 6.92 Å². The quantitative estimate of drug-likeness (QED) is 0.259. The topological polar surface area (TPSA) is 15.8 Å². The summed E-state index contributed by atoms with van der Waals surface area (Å²) in [6.45, 7) is 2.00. The Balaban J connectivity index is -0.000000120. The molecule has 0 amide bonds. The molecule has 0 saturated carbocycles. The van der Waals surface area contributed by atoms with Gasteiger partial charge >= 0.3 is 19.8 Å². The summed E-state index contributed by atoms with van der Waals surface area (Å²) in [5.41, 5.74) is 1.16. The summed E-state index contributed by atoms with van der Waals surface area (Å²) in [5.74, 6) is 0. The number of hydrogen-bond acceptors (Lipinski definition) is 0. The summed E-state index contributed by atoms with van der Waals surface area (Å²) in [6, 6.07) is 1.97. The van der Waals surface area contributed by atoms with E-state index in [0.717, 1.165) is 5.56 Å². The van der Waals surface area contributed by atoms with Crippen LogP contribution in [0.1, 0.15) is 5.56 Å². The van der Waals surface area contributed by atoms with Gasteiger partial charge in [0.05, 0.1) is 0 Å². The van der Waals surface area contributed by atoms with Crippen molar-refractivity contribution in [2.75, 3.05) is 0 Å². The molecule has 4 heteroatoms. The average molecular weight is 524 g/mol. The van der Waals surface area contributed by atoms with Crippen molar-refractivity contribution in [3.8, 4) is 0 Å². The molecule has 0 saturated heterocycles. The van der Waals surface area contributed by atoms with Crippen LogP contribution in [-0.4, -0.2) is 4.98 Å². The fourth-order valence-electron chi connectivity index (χ4n) is 0.364. The van der Waals surface area contributed by atoms with Gasteiger partial charge in [0, 0.05) is 0 Å². The number of aromatic amines is 1. The SMILES string of the molecule is Cc1[c-][nH]cc1.[I-].[I-].[Os+2]. The van der Waals surface area contributed by atoms with E-state index in [4.69, 9.17) is 0 Å². The van der Waals surface area contributed by atoms with Gasteiger partial charge in [0.1, 0.15) is 0 Å². The molecule has 0 fully saturated rings. The van der Waals surface area contributed by atoms with E-state index < -0.39 is 0 Å². The maximum Gasteiger partial charge on any atom is 2.00 e. The minimum absolute atomic E-state index is 0. The van der Waals surface area contributed by atoms with Crippen LogP contribution in [0.2, 0.25) is 0 Å². The van der Waals surface area contributed by atoms with E-state index in [1.807, 2.05) is 19.2 Å². The number of nitrogens with one attached hydrogen (secondary N) is 1. The maximum absolute atomic E-state index is 2.88. The maximum atomic E-state index is 2.88. The first kappa shape index (κ1) is 16.8. The standard InChI is InChI=1S/C5H6N.2HI.Os/c1-5-2-3-6-4-5;;;/h2-3,6H,1H3;2*1H;/q-1;;;+2/p-2. The molecule has 1 N–H and O–H groups in total. The fourth-order valence-corrected chi connectivity index (χ4v) is 0.364. The third-order valence-corrected chi connectivity index (χ3v) is 0.686. The molecule has 0 atom stereocenters. The molecule has 1 aromatic heterocycles. The molecule has 1 nitrogen and oxygen atoms in total. The molecular weight excluding hydrogens is 518 g/mol. The van der Waals surface area contributed by atoms with Crippen LogP contribution in [-0.2, 0) is 19.8 Å². The third-order valence-electron chi connectivity index (χ3n) is 0.686. The molecular formula is C5H6I2NOs-. The molecule has 9 heavy (non-hydrogen) atoms. The van der Waals surface area contributed by atoms with E-state index in [9.17, 15) is 0 Å². The van der Waals surface area contributed by atoms with Crippen molar-refractivity contribution in [3.05, 3.63) is 24.0 Å². The van der Waals surface area contributed by atoms with Gasteiger partial charge < -0.3 is 52.9 Å². The van der Waals surface area contributed by atoms with Gasteiger partial charge in [-0.05, 0) is 0 Å². The minimum Gasteiger partial charge on any atom is -1.00 e. The molecule has 0 aliphatic heterocycles. The smallest absolute Gasteiger partial charge is 1.00 e. The van der Waals surface area contributed by atoms with Crippen molar-refractivity contribution in [3.63, 3.8) is 0 Å². The van der Waals surface area contributed by atoms with Gasteiger partial charge in [-0.3, -0.25) is 0 Å². The Labute approximate surface area is 102 Å². The first-order chi connectivity index (χ1) is 2.89. The third kappa shape index (κ3) is 7.27. The van der Waals surface area contributed by atoms with Crippen LogP contribution in [0.3, 0.4) is 0 Å². The molecule has 0 aromatic carbocycles. The van der Waals surface area contributed by atoms with Crippen LogP contribution < -0.4 is 48.0 Å². The van der Waals surface area contributed by atoms with Gasteiger partial charge in [0.25, 0.3) is 0 Å². The zero-order valence-corrected chi connectivity index (χ0v) is 11.6. The van der Waals surface area contributed by atoms with Crippen LogP contribution in [0.15, 0.2) is 12.3 Å². The molecule has 1 aromatic rings. The number of aromatic nitrogens is 1. The largest absolute Gasteiger partial charge is 2.00 e. The van der Waals surface area contributed by atoms with Crippen molar-refractivity contribution in [2.24, 2.45) is 0 Å². The summed E-state index contributed by atoms with van der Waals surface area (Å²) < 4.78 is 0. The second kappa shape index (κ2) is 9.38. The predicted octanol–water partition coefficient (Wildman–Crippen LogP) is -4.87. The van der Waals surface area contributed by atoms with Crippen LogP contribution in [0.25, 0.3) is 0 Å². The van der Waals surface area contributed by atoms with Gasteiger partial charge in [-0.2, -0.15) is 17.8 Å². The molecule has 54 valence electrons. The molecule has 1 rings (SSSR count). The molecule has 0 radical (unpaired) electrons.